The van der Waals surface area contributed by atoms with Crippen molar-refractivity contribution in [3.63, 3.8) is 0 Å². The van der Waals surface area contributed by atoms with Crippen LogP contribution in [0.2, 0.25) is 0 Å². The molecule has 1 aromatic heterocycles. The van der Waals surface area contributed by atoms with E-state index < -0.39 is 5.63 Å². The monoisotopic (exact) mass is 250 g/mol. The molecule has 0 amide bonds. The summed E-state index contributed by atoms with van der Waals surface area (Å²) in [5.74, 6) is 0.135. The van der Waals surface area contributed by atoms with Gasteiger partial charge < -0.3 is 19.0 Å². The Hall–Kier alpha value is -2.17. The summed E-state index contributed by atoms with van der Waals surface area (Å²) in [4.78, 5) is 11.8. The van der Waals surface area contributed by atoms with E-state index in [-0.39, 0.29) is 28.9 Å². The molecule has 0 saturated carbocycles. The number of rotatable bonds is 3. The zero-order valence-electron chi connectivity index (χ0n) is 10.4. The van der Waals surface area contributed by atoms with Crippen molar-refractivity contribution >= 4 is 11.0 Å². The topological polar surface area (TPSA) is 68.9 Å². The average molecular weight is 250 g/mol. The molecule has 1 N–H and O–H groups in total. The summed E-state index contributed by atoms with van der Waals surface area (Å²) in [6.07, 6.45) is -0.204. The predicted octanol–water partition coefficient (Wildman–Crippen LogP) is 2.29. The summed E-state index contributed by atoms with van der Waals surface area (Å²) in [7, 11) is 1.41. The second kappa shape index (κ2) is 4.60. The normalized spacial score (nSPS) is 10.9. The smallest absolute Gasteiger partial charge is 0.383 e. The minimum absolute atomic E-state index is 0.0262. The van der Waals surface area contributed by atoms with E-state index in [1.54, 1.807) is 26.0 Å². The summed E-state index contributed by atoms with van der Waals surface area (Å²) in [5, 5.41) is 10.2. The first-order chi connectivity index (χ1) is 8.54. The van der Waals surface area contributed by atoms with Gasteiger partial charge in [0.25, 0.3) is 0 Å². The van der Waals surface area contributed by atoms with Gasteiger partial charge in [-0.1, -0.05) is 6.07 Å². The number of phenols is 1. The second-order valence-corrected chi connectivity index (χ2v) is 4.07. The third-order valence-corrected chi connectivity index (χ3v) is 2.38. The van der Waals surface area contributed by atoms with Crippen LogP contribution in [0.5, 0.6) is 17.2 Å². The summed E-state index contributed by atoms with van der Waals surface area (Å²) in [6, 6.07) is 4.66. The van der Waals surface area contributed by atoms with Crippen LogP contribution in [-0.4, -0.2) is 18.3 Å². The second-order valence-electron chi connectivity index (χ2n) is 4.07. The number of phenolic OH excluding ortho intramolecular Hbond substituents is 1. The van der Waals surface area contributed by atoms with Gasteiger partial charge in [0.1, 0.15) is 16.7 Å². The summed E-state index contributed by atoms with van der Waals surface area (Å²) < 4.78 is 15.7. The Kier molecular flexibility index (Phi) is 3.14. The molecule has 0 aliphatic heterocycles. The first-order valence-corrected chi connectivity index (χ1v) is 5.54. The number of fused-ring (bicyclic) bond motifs is 1. The van der Waals surface area contributed by atoms with Crippen molar-refractivity contribution in [2.75, 3.05) is 7.11 Å². The van der Waals surface area contributed by atoms with Crippen LogP contribution in [0, 0.1) is 0 Å². The minimum atomic E-state index is -0.626. The van der Waals surface area contributed by atoms with E-state index in [2.05, 4.69) is 0 Å². The highest BCUT2D eigenvalue weighted by Gasteiger charge is 2.20. The maximum Gasteiger partial charge on any atom is 0.383 e. The molecule has 0 aliphatic rings. The molecular formula is C13H14O5. The Labute approximate surface area is 104 Å². The molecule has 18 heavy (non-hydrogen) atoms. The number of benzene rings is 1. The van der Waals surface area contributed by atoms with Crippen LogP contribution in [-0.2, 0) is 0 Å². The molecule has 1 heterocycles. The predicted molar refractivity (Wildman–Crippen MR) is 66.5 cm³/mol. The molecule has 2 rings (SSSR count). The van der Waals surface area contributed by atoms with Crippen LogP contribution in [0.1, 0.15) is 13.8 Å². The molecule has 0 fully saturated rings. The first-order valence-electron chi connectivity index (χ1n) is 5.54. The molecule has 96 valence electrons. The Morgan fingerprint density at radius 1 is 1.28 bits per heavy atom. The number of hydrogen-bond acceptors (Lipinski definition) is 5. The van der Waals surface area contributed by atoms with Crippen LogP contribution in [0.15, 0.2) is 27.4 Å². The van der Waals surface area contributed by atoms with Crippen molar-refractivity contribution in [2.24, 2.45) is 0 Å². The molecule has 2 aromatic rings. The van der Waals surface area contributed by atoms with Gasteiger partial charge in [-0.25, -0.2) is 4.79 Å². The number of aromatic hydroxyl groups is 1. The van der Waals surface area contributed by atoms with Crippen LogP contribution < -0.4 is 15.1 Å². The van der Waals surface area contributed by atoms with Crippen molar-refractivity contribution in [3.05, 3.63) is 28.6 Å². The van der Waals surface area contributed by atoms with Crippen molar-refractivity contribution in [1.29, 1.82) is 0 Å². The fourth-order valence-corrected chi connectivity index (χ4v) is 1.72. The minimum Gasteiger partial charge on any atom is -0.507 e. The lowest BCUT2D eigenvalue weighted by Gasteiger charge is -2.13. The standard InChI is InChI=1S/C13H14O5/c1-7(2)17-12-11(16-3)10-8(14)5-4-6-9(10)18-13(12)15/h4-7,14H,1-3H3. The van der Waals surface area contributed by atoms with E-state index in [1.165, 1.54) is 13.2 Å². The molecule has 1 aromatic carbocycles. The van der Waals surface area contributed by atoms with E-state index >= 15 is 0 Å². The number of ether oxygens (including phenoxy) is 2. The summed E-state index contributed by atoms with van der Waals surface area (Å²) in [5.41, 5.74) is -0.369. The molecule has 0 saturated heterocycles. The zero-order valence-corrected chi connectivity index (χ0v) is 10.4. The van der Waals surface area contributed by atoms with Gasteiger partial charge in [-0.05, 0) is 26.0 Å². The molecule has 0 radical (unpaired) electrons. The van der Waals surface area contributed by atoms with E-state index in [1.807, 2.05) is 0 Å². The van der Waals surface area contributed by atoms with Crippen molar-refractivity contribution in [1.82, 2.24) is 0 Å². The maximum absolute atomic E-state index is 11.8. The van der Waals surface area contributed by atoms with E-state index in [0.29, 0.717) is 5.39 Å². The van der Waals surface area contributed by atoms with E-state index in [9.17, 15) is 9.90 Å². The van der Waals surface area contributed by atoms with E-state index in [4.69, 9.17) is 13.9 Å². The molecular weight excluding hydrogens is 236 g/mol. The maximum atomic E-state index is 11.8. The lowest BCUT2D eigenvalue weighted by molar-refractivity contribution is 0.220. The van der Waals surface area contributed by atoms with Crippen LogP contribution >= 0.6 is 0 Å². The van der Waals surface area contributed by atoms with Gasteiger partial charge in [0.2, 0.25) is 5.75 Å². The fourth-order valence-electron chi connectivity index (χ4n) is 1.72. The molecule has 5 heteroatoms. The molecule has 0 spiro atoms. The molecule has 0 bridgehead atoms. The van der Waals surface area contributed by atoms with Gasteiger partial charge in [-0.3, -0.25) is 0 Å². The van der Waals surface area contributed by atoms with Crippen molar-refractivity contribution in [3.8, 4) is 17.2 Å². The highest BCUT2D eigenvalue weighted by Crippen LogP contribution is 2.38. The van der Waals surface area contributed by atoms with Crippen LogP contribution in [0.25, 0.3) is 11.0 Å². The zero-order chi connectivity index (χ0) is 13.3. The SMILES string of the molecule is COc1c(OC(C)C)c(=O)oc2cccc(O)c12. The molecule has 0 aliphatic carbocycles. The van der Waals surface area contributed by atoms with Crippen LogP contribution in [0.3, 0.4) is 0 Å². The Morgan fingerprint density at radius 2 is 2.00 bits per heavy atom. The van der Waals surface area contributed by atoms with Crippen molar-refractivity contribution < 1.29 is 19.0 Å². The summed E-state index contributed by atoms with van der Waals surface area (Å²) >= 11 is 0. The highest BCUT2D eigenvalue weighted by atomic mass is 16.5. The van der Waals surface area contributed by atoms with Crippen LogP contribution in [0.4, 0.5) is 0 Å². The van der Waals surface area contributed by atoms with Gasteiger partial charge in [-0.2, -0.15) is 0 Å². The highest BCUT2D eigenvalue weighted by molar-refractivity contribution is 5.91. The van der Waals surface area contributed by atoms with Gasteiger partial charge in [0, 0.05) is 0 Å². The van der Waals surface area contributed by atoms with E-state index in [0.717, 1.165) is 0 Å². The average Bonchev–Trinajstić information content (AvgIpc) is 2.30. The lowest BCUT2D eigenvalue weighted by Crippen LogP contribution is -2.14. The van der Waals surface area contributed by atoms with Gasteiger partial charge in [-0.15, -0.1) is 0 Å². The Morgan fingerprint density at radius 3 is 2.61 bits per heavy atom. The fraction of sp³-hybridized carbons (Fsp3) is 0.308. The third-order valence-electron chi connectivity index (χ3n) is 2.38. The Balaban J connectivity index is 2.82. The van der Waals surface area contributed by atoms with Gasteiger partial charge in [0.05, 0.1) is 13.2 Å². The Bertz CT molecular complexity index is 627. The number of hydrogen-bond donors (Lipinski definition) is 1. The quantitative estimate of drug-likeness (QED) is 0.846. The van der Waals surface area contributed by atoms with Gasteiger partial charge in [0.15, 0.2) is 5.75 Å². The molecule has 0 atom stereocenters. The first kappa shape index (κ1) is 12.3. The largest absolute Gasteiger partial charge is 0.507 e. The lowest BCUT2D eigenvalue weighted by atomic mass is 10.2. The number of methoxy groups -OCH3 is 1. The third kappa shape index (κ3) is 1.99. The summed E-state index contributed by atoms with van der Waals surface area (Å²) in [6.45, 7) is 3.57. The molecule has 0 unspecified atom stereocenters. The van der Waals surface area contributed by atoms with Crippen molar-refractivity contribution in [2.45, 2.75) is 20.0 Å². The molecule has 5 nitrogen and oxygen atoms in total. The van der Waals surface area contributed by atoms with Gasteiger partial charge >= 0.3 is 5.63 Å².